The van der Waals surface area contributed by atoms with E-state index in [1.165, 1.54) is 4.90 Å². The fourth-order valence-electron chi connectivity index (χ4n) is 4.06. The van der Waals surface area contributed by atoms with E-state index < -0.39 is 17.7 Å². The van der Waals surface area contributed by atoms with Gasteiger partial charge in [0.25, 0.3) is 11.7 Å². The maximum Gasteiger partial charge on any atom is 0.300 e. The molecule has 1 amide bonds. The molecule has 5 nitrogen and oxygen atoms in total. The Balaban J connectivity index is 1.93. The van der Waals surface area contributed by atoms with E-state index in [0.29, 0.717) is 16.9 Å². The molecule has 1 aliphatic rings. The second-order valence-corrected chi connectivity index (χ2v) is 7.82. The zero-order valence-electron chi connectivity index (χ0n) is 17.8. The number of aryl methyl sites for hydroxylation is 3. The van der Waals surface area contributed by atoms with Crippen LogP contribution in [0.25, 0.3) is 5.76 Å². The lowest BCUT2D eigenvalue weighted by molar-refractivity contribution is -0.132. The predicted molar refractivity (Wildman–Crippen MR) is 121 cm³/mol. The van der Waals surface area contributed by atoms with Crippen LogP contribution in [0.15, 0.2) is 72.4 Å². The third-order valence-electron chi connectivity index (χ3n) is 5.53. The van der Waals surface area contributed by atoms with Crippen LogP contribution in [-0.2, 0) is 16.0 Å². The Hall–Kier alpha value is -3.73. The Kier molecular flexibility index (Phi) is 5.42. The summed E-state index contributed by atoms with van der Waals surface area (Å²) in [6.45, 7) is 5.93. The number of amides is 1. The first-order chi connectivity index (χ1) is 14.9. The number of rotatable bonds is 4. The molecule has 0 radical (unpaired) electrons. The van der Waals surface area contributed by atoms with Gasteiger partial charge in [-0.15, -0.1) is 0 Å². The van der Waals surface area contributed by atoms with Crippen molar-refractivity contribution in [2.24, 2.45) is 0 Å². The van der Waals surface area contributed by atoms with E-state index in [1.54, 1.807) is 36.5 Å². The summed E-state index contributed by atoms with van der Waals surface area (Å²) in [4.78, 5) is 32.2. The Bertz CT molecular complexity index is 1160. The van der Waals surface area contributed by atoms with Crippen LogP contribution in [0.4, 0.5) is 5.69 Å². The van der Waals surface area contributed by atoms with Crippen molar-refractivity contribution in [3.8, 4) is 0 Å². The van der Waals surface area contributed by atoms with Gasteiger partial charge in [0.05, 0.1) is 11.3 Å². The van der Waals surface area contributed by atoms with Crippen molar-refractivity contribution in [1.29, 1.82) is 0 Å². The number of nitrogens with zero attached hydrogens (tertiary/aromatic N) is 2. The lowest BCUT2D eigenvalue weighted by Crippen LogP contribution is -2.30. The van der Waals surface area contributed by atoms with Gasteiger partial charge < -0.3 is 5.11 Å². The molecule has 5 heteroatoms. The van der Waals surface area contributed by atoms with Gasteiger partial charge >= 0.3 is 0 Å². The summed E-state index contributed by atoms with van der Waals surface area (Å²) in [7, 11) is 0. The number of aliphatic hydroxyl groups excluding tert-OH is 1. The van der Waals surface area contributed by atoms with Gasteiger partial charge in [-0.25, -0.2) is 0 Å². The molecule has 2 aromatic carbocycles. The van der Waals surface area contributed by atoms with Crippen LogP contribution in [0.5, 0.6) is 0 Å². The lowest BCUT2D eigenvalue weighted by atomic mass is 9.97. The number of carbonyl (C=O) groups excluding carboxylic acids is 2. The van der Waals surface area contributed by atoms with Crippen LogP contribution in [0.1, 0.15) is 40.9 Å². The number of benzene rings is 2. The van der Waals surface area contributed by atoms with Crippen LogP contribution in [0.3, 0.4) is 0 Å². The second-order valence-electron chi connectivity index (χ2n) is 7.82. The van der Waals surface area contributed by atoms with Crippen molar-refractivity contribution in [2.75, 3.05) is 4.90 Å². The summed E-state index contributed by atoms with van der Waals surface area (Å²) in [6.07, 6.45) is 2.49. The van der Waals surface area contributed by atoms with Crippen LogP contribution in [-0.4, -0.2) is 21.8 Å². The Morgan fingerprint density at radius 3 is 2.26 bits per heavy atom. The van der Waals surface area contributed by atoms with Gasteiger partial charge in [0, 0.05) is 17.4 Å². The summed E-state index contributed by atoms with van der Waals surface area (Å²) in [5, 5.41) is 11.1. The number of carbonyl (C=O) groups is 2. The fraction of sp³-hybridized carbons (Fsp3) is 0.192. The van der Waals surface area contributed by atoms with Gasteiger partial charge in [-0.2, -0.15) is 0 Å². The molecule has 2 heterocycles. The smallest absolute Gasteiger partial charge is 0.300 e. The van der Waals surface area contributed by atoms with Crippen molar-refractivity contribution in [3.63, 3.8) is 0 Å². The van der Waals surface area contributed by atoms with Crippen molar-refractivity contribution >= 4 is 23.1 Å². The van der Waals surface area contributed by atoms with Crippen LogP contribution in [0, 0.1) is 13.8 Å². The molecular weight excluding hydrogens is 388 g/mol. The maximum atomic E-state index is 13.2. The third kappa shape index (κ3) is 3.75. The normalized spacial score (nSPS) is 17.9. The minimum Gasteiger partial charge on any atom is -0.507 e. The van der Waals surface area contributed by atoms with E-state index in [1.807, 2.05) is 51.1 Å². The molecule has 3 aromatic rings. The second kappa shape index (κ2) is 8.19. The minimum absolute atomic E-state index is 0.0482. The molecule has 156 valence electrons. The van der Waals surface area contributed by atoms with Gasteiger partial charge in [0.2, 0.25) is 0 Å². The van der Waals surface area contributed by atoms with E-state index in [4.69, 9.17) is 0 Å². The van der Waals surface area contributed by atoms with Crippen molar-refractivity contribution in [1.82, 2.24) is 4.98 Å². The SMILES string of the molecule is CCc1ccc(/C(O)=C2\C(=O)C(=O)N(c3cc(C)cc(C)c3)C2c2ccccn2)cc1. The number of hydrogen-bond donors (Lipinski definition) is 1. The molecule has 0 bridgehead atoms. The van der Waals surface area contributed by atoms with Gasteiger partial charge in [-0.1, -0.05) is 43.3 Å². The van der Waals surface area contributed by atoms with Crippen molar-refractivity contribution < 1.29 is 14.7 Å². The molecule has 0 aliphatic carbocycles. The molecule has 0 saturated carbocycles. The van der Waals surface area contributed by atoms with Gasteiger partial charge in [0.1, 0.15) is 11.8 Å². The molecule has 1 N–H and O–H groups in total. The highest BCUT2D eigenvalue weighted by Crippen LogP contribution is 2.41. The first-order valence-electron chi connectivity index (χ1n) is 10.3. The van der Waals surface area contributed by atoms with E-state index in [-0.39, 0.29) is 11.3 Å². The Labute approximate surface area is 181 Å². The Morgan fingerprint density at radius 2 is 1.68 bits per heavy atom. The topological polar surface area (TPSA) is 70.5 Å². The van der Waals surface area contributed by atoms with E-state index in [2.05, 4.69) is 4.98 Å². The van der Waals surface area contributed by atoms with Gasteiger partial charge in [-0.05, 0) is 61.2 Å². The minimum atomic E-state index is -0.812. The number of pyridine rings is 1. The molecule has 1 unspecified atom stereocenters. The maximum absolute atomic E-state index is 13.2. The molecule has 1 aromatic heterocycles. The van der Waals surface area contributed by atoms with Crippen LogP contribution >= 0.6 is 0 Å². The third-order valence-corrected chi connectivity index (χ3v) is 5.53. The first kappa shape index (κ1) is 20.5. The molecule has 1 saturated heterocycles. The number of aromatic nitrogens is 1. The molecular formula is C26H24N2O3. The molecule has 1 atom stereocenters. The number of ketones is 1. The number of hydrogen-bond acceptors (Lipinski definition) is 4. The summed E-state index contributed by atoms with van der Waals surface area (Å²) in [6, 6.07) is 17.6. The number of anilines is 1. The van der Waals surface area contributed by atoms with Crippen molar-refractivity contribution in [2.45, 2.75) is 33.2 Å². The van der Waals surface area contributed by atoms with Crippen molar-refractivity contribution in [3.05, 3.63) is 100 Å². The van der Waals surface area contributed by atoms with Gasteiger partial charge in [0.15, 0.2) is 0 Å². The summed E-state index contributed by atoms with van der Waals surface area (Å²) in [5.74, 6) is -1.58. The number of aliphatic hydroxyl groups is 1. The zero-order chi connectivity index (χ0) is 22.1. The average molecular weight is 412 g/mol. The molecule has 0 spiro atoms. The van der Waals surface area contributed by atoms with E-state index in [0.717, 1.165) is 23.1 Å². The monoisotopic (exact) mass is 412 g/mol. The fourth-order valence-corrected chi connectivity index (χ4v) is 4.06. The summed E-state index contributed by atoms with van der Waals surface area (Å²) >= 11 is 0. The first-order valence-corrected chi connectivity index (χ1v) is 10.3. The molecule has 1 fully saturated rings. The van der Waals surface area contributed by atoms with E-state index in [9.17, 15) is 14.7 Å². The van der Waals surface area contributed by atoms with Crippen LogP contribution in [0.2, 0.25) is 0 Å². The summed E-state index contributed by atoms with van der Waals surface area (Å²) in [5.41, 5.74) is 4.75. The standard InChI is InChI=1S/C26H24N2O3/c1-4-18-8-10-19(11-9-18)24(29)22-23(21-7-5-6-12-27-21)28(26(31)25(22)30)20-14-16(2)13-17(3)15-20/h5-15,23,29H,4H2,1-3H3/b24-22+. The summed E-state index contributed by atoms with van der Waals surface area (Å²) < 4.78 is 0. The zero-order valence-corrected chi connectivity index (χ0v) is 17.8. The largest absolute Gasteiger partial charge is 0.507 e. The number of Topliss-reactive ketones (excluding diaryl/α,β-unsaturated/α-hetero) is 1. The van der Waals surface area contributed by atoms with Crippen LogP contribution < -0.4 is 4.90 Å². The molecule has 1 aliphatic heterocycles. The lowest BCUT2D eigenvalue weighted by Gasteiger charge is -2.25. The Morgan fingerprint density at radius 1 is 1.00 bits per heavy atom. The van der Waals surface area contributed by atoms with E-state index >= 15 is 0 Å². The average Bonchev–Trinajstić information content (AvgIpc) is 3.04. The highest BCUT2D eigenvalue weighted by molar-refractivity contribution is 6.51. The predicted octanol–water partition coefficient (Wildman–Crippen LogP) is 4.89. The highest BCUT2D eigenvalue weighted by atomic mass is 16.3. The van der Waals surface area contributed by atoms with Gasteiger partial charge in [-0.3, -0.25) is 19.5 Å². The highest BCUT2D eigenvalue weighted by Gasteiger charge is 2.47. The molecule has 31 heavy (non-hydrogen) atoms. The quantitative estimate of drug-likeness (QED) is 0.376. The molecule has 4 rings (SSSR count).